The van der Waals surface area contributed by atoms with E-state index in [-0.39, 0.29) is 5.78 Å². The number of halogens is 1. The van der Waals surface area contributed by atoms with Crippen LogP contribution in [0.1, 0.15) is 10.4 Å². The van der Waals surface area contributed by atoms with Crippen molar-refractivity contribution in [1.82, 2.24) is 0 Å². The lowest BCUT2D eigenvalue weighted by Gasteiger charge is -1.98. The van der Waals surface area contributed by atoms with Crippen molar-refractivity contribution in [3.05, 3.63) is 46.5 Å². The summed E-state index contributed by atoms with van der Waals surface area (Å²) in [4.78, 5) is 22.3. The van der Waals surface area contributed by atoms with Gasteiger partial charge in [-0.15, -0.1) is 0 Å². The van der Waals surface area contributed by atoms with Crippen molar-refractivity contribution < 1.29 is 14.3 Å². The van der Waals surface area contributed by atoms with E-state index in [0.717, 1.165) is 6.08 Å². The lowest BCUT2D eigenvalue weighted by molar-refractivity contribution is -0.134. The van der Waals surface area contributed by atoms with E-state index in [4.69, 9.17) is 0 Å². The number of benzene rings is 1. The largest absolute Gasteiger partial charge is 0.466 e. The number of ether oxygens (including phenoxy) is 1. The van der Waals surface area contributed by atoms with Gasteiger partial charge in [-0.25, -0.2) is 4.79 Å². The molecule has 1 aromatic rings. The van der Waals surface area contributed by atoms with Crippen LogP contribution in [0, 0.1) is 0 Å². The molecule has 0 saturated carbocycles. The molecule has 0 N–H and O–H groups in total. The minimum atomic E-state index is -0.546. The van der Waals surface area contributed by atoms with E-state index in [9.17, 15) is 9.59 Å². The summed E-state index contributed by atoms with van der Waals surface area (Å²) in [6, 6.07) is 7.00. The number of ketones is 1. The summed E-state index contributed by atoms with van der Waals surface area (Å²) in [5, 5.41) is 0. The van der Waals surface area contributed by atoms with Crippen molar-refractivity contribution in [3.63, 3.8) is 0 Å². The van der Waals surface area contributed by atoms with Crippen LogP contribution in [0.5, 0.6) is 0 Å². The fourth-order valence-electron chi connectivity index (χ4n) is 0.963. The molecule has 15 heavy (non-hydrogen) atoms. The quantitative estimate of drug-likeness (QED) is 0.480. The average Bonchev–Trinajstić information content (AvgIpc) is 2.26. The highest BCUT2D eigenvalue weighted by Gasteiger charge is 2.05. The van der Waals surface area contributed by atoms with E-state index in [1.54, 1.807) is 18.2 Å². The normalized spacial score (nSPS) is 10.3. The topological polar surface area (TPSA) is 43.4 Å². The van der Waals surface area contributed by atoms with Crippen LogP contribution >= 0.6 is 15.9 Å². The average molecular weight is 269 g/mol. The Labute approximate surface area is 95.9 Å². The van der Waals surface area contributed by atoms with Crippen LogP contribution in [-0.2, 0) is 9.53 Å². The Balaban J connectivity index is 2.83. The van der Waals surface area contributed by atoms with E-state index >= 15 is 0 Å². The zero-order valence-corrected chi connectivity index (χ0v) is 9.65. The Kier molecular flexibility index (Phi) is 4.24. The molecule has 3 nitrogen and oxygen atoms in total. The zero-order chi connectivity index (χ0) is 11.3. The van der Waals surface area contributed by atoms with Gasteiger partial charge in [0.15, 0.2) is 5.78 Å². The minimum Gasteiger partial charge on any atom is -0.466 e. The molecule has 0 heterocycles. The molecule has 0 fully saturated rings. The minimum absolute atomic E-state index is 0.243. The number of carbonyl (C=O) groups is 2. The van der Waals surface area contributed by atoms with Crippen molar-refractivity contribution in [2.45, 2.75) is 0 Å². The summed E-state index contributed by atoms with van der Waals surface area (Å²) in [6.45, 7) is 0. The second-order valence-corrected chi connectivity index (χ2v) is 3.55. The highest BCUT2D eigenvalue weighted by molar-refractivity contribution is 9.10. The Morgan fingerprint density at radius 2 is 1.93 bits per heavy atom. The van der Waals surface area contributed by atoms with Gasteiger partial charge in [0.2, 0.25) is 0 Å². The third-order valence-corrected chi connectivity index (χ3v) is 2.40. The van der Waals surface area contributed by atoms with Crippen LogP contribution in [-0.4, -0.2) is 18.9 Å². The molecule has 0 atom stereocenters. The smallest absolute Gasteiger partial charge is 0.330 e. The van der Waals surface area contributed by atoms with Gasteiger partial charge in [0.25, 0.3) is 0 Å². The predicted molar refractivity (Wildman–Crippen MR) is 59.6 cm³/mol. The van der Waals surface area contributed by atoms with Gasteiger partial charge in [-0.3, -0.25) is 4.79 Å². The van der Waals surface area contributed by atoms with Gasteiger partial charge in [-0.2, -0.15) is 0 Å². The SMILES string of the molecule is COC(=O)/C=C/C(=O)c1ccccc1Br. The van der Waals surface area contributed by atoms with Crippen molar-refractivity contribution in [1.29, 1.82) is 0 Å². The van der Waals surface area contributed by atoms with Gasteiger partial charge >= 0.3 is 5.97 Å². The van der Waals surface area contributed by atoms with Crippen LogP contribution in [0.15, 0.2) is 40.9 Å². The monoisotopic (exact) mass is 268 g/mol. The van der Waals surface area contributed by atoms with Crippen LogP contribution in [0.2, 0.25) is 0 Å². The molecule has 0 unspecified atom stereocenters. The third kappa shape index (κ3) is 3.32. The highest BCUT2D eigenvalue weighted by Crippen LogP contribution is 2.16. The van der Waals surface area contributed by atoms with Gasteiger partial charge in [0.05, 0.1) is 7.11 Å². The zero-order valence-electron chi connectivity index (χ0n) is 8.07. The first kappa shape index (κ1) is 11.7. The number of carbonyl (C=O) groups excluding carboxylic acids is 2. The fraction of sp³-hybridized carbons (Fsp3) is 0.0909. The molecular formula is C11H9BrO3. The molecule has 0 aliphatic heterocycles. The van der Waals surface area contributed by atoms with Crippen LogP contribution in [0.3, 0.4) is 0 Å². The van der Waals surface area contributed by atoms with Crippen LogP contribution in [0.25, 0.3) is 0 Å². The van der Waals surface area contributed by atoms with Gasteiger partial charge in [-0.05, 0) is 18.2 Å². The maximum Gasteiger partial charge on any atom is 0.330 e. The molecule has 0 aliphatic rings. The van der Waals surface area contributed by atoms with Crippen molar-refractivity contribution in [3.8, 4) is 0 Å². The Morgan fingerprint density at radius 1 is 1.27 bits per heavy atom. The second kappa shape index (κ2) is 5.46. The molecule has 0 radical (unpaired) electrons. The third-order valence-electron chi connectivity index (χ3n) is 1.71. The van der Waals surface area contributed by atoms with Gasteiger partial charge < -0.3 is 4.74 Å². The Bertz CT molecular complexity index is 410. The number of hydrogen-bond acceptors (Lipinski definition) is 3. The molecule has 0 bridgehead atoms. The molecule has 1 rings (SSSR count). The second-order valence-electron chi connectivity index (χ2n) is 2.70. The van der Waals surface area contributed by atoms with Crippen molar-refractivity contribution in [2.75, 3.05) is 7.11 Å². The summed E-state index contributed by atoms with van der Waals surface area (Å²) in [5.41, 5.74) is 0.512. The van der Waals surface area contributed by atoms with Gasteiger partial charge in [0.1, 0.15) is 0 Å². The van der Waals surface area contributed by atoms with E-state index in [1.807, 2.05) is 6.07 Å². The maximum atomic E-state index is 11.6. The molecule has 0 spiro atoms. The van der Waals surface area contributed by atoms with Crippen molar-refractivity contribution >= 4 is 27.7 Å². The standard InChI is InChI=1S/C11H9BrO3/c1-15-11(14)7-6-10(13)8-4-2-3-5-9(8)12/h2-7H,1H3/b7-6+. The highest BCUT2D eigenvalue weighted by atomic mass is 79.9. The fourth-order valence-corrected chi connectivity index (χ4v) is 1.44. The van der Waals surface area contributed by atoms with E-state index in [2.05, 4.69) is 20.7 Å². The first-order valence-corrected chi connectivity index (χ1v) is 4.99. The number of methoxy groups -OCH3 is 1. The first-order chi connectivity index (χ1) is 7.15. The number of hydrogen-bond donors (Lipinski definition) is 0. The maximum absolute atomic E-state index is 11.6. The number of rotatable bonds is 3. The predicted octanol–water partition coefficient (Wildman–Crippen LogP) is 2.36. The lowest BCUT2D eigenvalue weighted by Crippen LogP contribution is -1.99. The van der Waals surface area contributed by atoms with E-state index in [0.29, 0.717) is 10.0 Å². The summed E-state index contributed by atoms with van der Waals surface area (Å²) >= 11 is 3.25. The van der Waals surface area contributed by atoms with Gasteiger partial charge in [-0.1, -0.05) is 28.1 Å². The first-order valence-electron chi connectivity index (χ1n) is 4.20. The number of esters is 1. The molecule has 0 aliphatic carbocycles. The van der Waals surface area contributed by atoms with Crippen LogP contribution in [0.4, 0.5) is 0 Å². The summed E-state index contributed by atoms with van der Waals surface area (Å²) < 4.78 is 5.08. The molecule has 4 heteroatoms. The molecule has 0 saturated heterocycles. The van der Waals surface area contributed by atoms with Crippen LogP contribution < -0.4 is 0 Å². The molecule has 1 aromatic carbocycles. The van der Waals surface area contributed by atoms with Gasteiger partial charge in [0, 0.05) is 16.1 Å². The summed E-state index contributed by atoms with van der Waals surface area (Å²) in [6.07, 6.45) is 2.29. The molecular weight excluding hydrogens is 260 g/mol. The van der Waals surface area contributed by atoms with E-state index in [1.165, 1.54) is 13.2 Å². The molecule has 0 aromatic heterocycles. The lowest BCUT2D eigenvalue weighted by atomic mass is 10.1. The summed E-state index contributed by atoms with van der Waals surface area (Å²) in [7, 11) is 1.26. The van der Waals surface area contributed by atoms with E-state index < -0.39 is 5.97 Å². The Hall–Kier alpha value is -1.42. The van der Waals surface area contributed by atoms with Crippen molar-refractivity contribution in [2.24, 2.45) is 0 Å². The summed E-state index contributed by atoms with van der Waals surface area (Å²) in [5.74, 6) is -0.789. The Morgan fingerprint density at radius 3 is 2.53 bits per heavy atom. The molecule has 0 amide bonds. The molecule has 78 valence electrons. The number of allylic oxidation sites excluding steroid dienone is 1.